The number of carbonyl (C=O) groups excluding carboxylic acids is 2. The summed E-state index contributed by atoms with van der Waals surface area (Å²) in [7, 11) is 1.86. The highest BCUT2D eigenvalue weighted by molar-refractivity contribution is 6.01. The van der Waals surface area contributed by atoms with Crippen LogP contribution in [0.15, 0.2) is 36.5 Å². The van der Waals surface area contributed by atoms with Crippen molar-refractivity contribution in [2.45, 2.75) is 20.4 Å². The van der Waals surface area contributed by atoms with Crippen LogP contribution in [0.3, 0.4) is 0 Å². The van der Waals surface area contributed by atoms with Crippen LogP contribution in [-0.4, -0.2) is 28.3 Å². The molecule has 0 aliphatic heterocycles. The summed E-state index contributed by atoms with van der Waals surface area (Å²) in [5, 5.41) is 12.3. The highest BCUT2D eigenvalue weighted by Crippen LogP contribution is 2.11. The first-order valence-corrected chi connectivity index (χ1v) is 8.08. The number of hydrogen-bond acceptors (Lipinski definition) is 3. The molecule has 2 aromatic rings. The van der Waals surface area contributed by atoms with Gasteiger partial charge in [0.05, 0.1) is 6.20 Å². The van der Waals surface area contributed by atoms with Gasteiger partial charge < -0.3 is 16.0 Å². The molecular formula is C18H23N5O2. The third-order valence-corrected chi connectivity index (χ3v) is 3.70. The molecule has 0 atom stereocenters. The predicted octanol–water partition coefficient (Wildman–Crippen LogP) is 2.20. The van der Waals surface area contributed by atoms with Gasteiger partial charge in [-0.15, -0.1) is 0 Å². The molecular weight excluding hydrogens is 318 g/mol. The first-order chi connectivity index (χ1) is 12.0. The van der Waals surface area contributed by atoms with Gasteiger partial charge in [0.2, 0.25) is 5.91 Å². The van der Waals surface area contributed by atoms with E-state index >= 15 is 0 Å². The highest BCUT2D eigenvalue weighted by atomic mass is 16.2. The number of carbonyl (C=O) groups is 2. The lowest BCUT2D eigenvalue weighted by Crippen LogP contribution is -2.34. The molecule has 1 aromatic carbocycles. The van der Waals surface area contributed by atoms with Gasteiger partial charge in [-0.25, -0.2) is 4.79 Å². The number of amides is 3. The first-order valence-electron chi connectivity index (χ1n) is 8.08. The maximum Gasteiger partial charge on any atom is 0.315 e. The lowest BCUT2D eigenvalue weighted by atomic mass is 10.2. The Bertz CT molecular complexity index is 762. The summed E-state index contributed by atoms with van der Waals surface area (Å²) in [4.78, 5) is 23.3. The topological polar surface area (TPSA) is 88.1 Å². The molecule has 1 aromatic heterocycles. The third kappa shape index (κ3) is 5.49. The summed E-state index contributed by atoms with van der Waals surface area (Å²) >= 11 is 0. The van der Waals surface area contributed by atoms with Crippen LogP contribution in [-0.2, 0) is 18.4 Å². The molecule has 0 saturated heterocycles. The SMILES string of the molecule is CCNC(=O)NCc1ccc(NC(=O)/C=C/c2cnn(C)c2C)cc1. The molecule has 1 heterocycles. The molecule has 0 fully saturated rings. The number of rotatable bonds is 6. The number of benzene rings is 1. The van der Waals surface area contributed by atoms with Crippen LogP contribution in [0.25, 0.3) is 6.08 Å². The molecule has 0 unspecified atom stereocenters. The van der Waals surface area contributed by atoms with Gasteiger partial charge in [-0.05, 0) is 37.6 Å². The minimum atomic E-state index is -0.212. The van der Waals surface area contributed by atoms with Crippen molar-refractivity contribution in [2.75, 3.05) is 11.9 Å². The Morgan fingerprint density at radius 3 is 2.52 bits per heavy atom. The Morgan fingerprint density at radius 2 is 1.92 bits per heavy atom. The number of nitrogens with zero attached hydrogens (tertiary/aromatic N) is 2. The molecule has 3 amide bonds. The van der Waals surface area contributed by atoms with Gasteiger partial charge in [-0.1, -0.05) is 12.1 Å². The Hall–Kier alpha value is -3.09. The first kappa shape index (κ1) is 18.3. The quantitative estimate of drug-likeness (QED) is 0.704. The van der Waals surface area contributed by atoms with Gasteiger partial charge in [0.15, 0.2) is 0 Å². The fourth-order valence-corrected chi connectivity index (χ4v) is 2.14. The standard InChI is InChI=1S/C18H23N5O2/c1-4-19-18(25)20-11-14-5-8-16(9-6-14)22-17(24)10-7-15-12-21-23(3)13(15)2/h5-10,12H,4,11H2,1-3H3,(H,22,24)(H2,19,20,25)/b10-7+. The van der Waals surface area contributed by atoms with E-state index in [4.69, 9.17) is 0 Å². The van der Waals surface area contributed by atoms with Crippen molar-refractivity contribution in [3.05, 3.63) is 53.4 Å². The Morgan fingerprint density at radius 1 is 1.20 bits per heavy atom. The minimum absolute atomic E-state index is 0.198. The van der Waals surface area contributed by atoms with Crippen molar-refractivity contribution in [3.63, 3.8) is 0 Å². The van der Waals surface area contributed by atoms with E-state index in [2.05, 4.69) is 21.0 Å². The van der Waals surface area contributed by atoms with Crippen LogP contribution in [0.2, 0.25) is 0 Å². The molecule has 3 N–H and O–H groups in total. The van der Waals surface area contributed by atoms with Gasteiger partial charge in [0.1, 0.15) is 0 Å². The number of hydrogen-bond donors (Lipinski definition) is 3. The predicted molar refractivity (Wildman–Crippen MR) is 98.0 cm³/mol. The summed E-state index contributed by atoms with van der Waals surface area (Å²) in [6.45, 7) is 4.82. The Labute approximate surface area is 147 Å². The zero-order valence-electron chi connectivity index (χ0n) is 14.7. The number of aromatic nitrogens is 2. The second kappa shape index (κ2) is 8.68. The molecule has 7 heteroatoms. The van der Waals surface area contributed by atoms with Crippen LogP contribution in [0.5, 0.6) is 0 Å². The molecule has 7 nitrogen and oxygen atoms in total. The lowest BCUT2D eigenvalue weighted by Gasteiger charge is -2.07. The number of nitrogens with one attached hydrogen (secondary N) is 3. The summed E-state index contributed by atoms with van der Waals surface area (Å²) in [5.41, 5.74) is 3.54. The van der Waals surface area contributed by atoms with Crippen LogP contribution < -0.4 is 16.0 Å². The summed E-state index contributed by atoms with van der Waals surface area (Å²) < 4.78 is 1.76. The van der Waals surface area contributed by atoms with Crippen LogP contribution in [0, 0.1) is 6.92 Å². The molecule has 0 saturated carbocycles. The average Bonchev–Trinajstić information content (AvgIpc) is 2.91. The fraction of sp³-hybridized carbons (Fsp3) is 0.278. The van der Waals surface area contributed by atoms with Crippen LogP contribution >= 0.6 is 0 Å². The highest BCUT2D eigenvalue weighted by Gasteiger charge is 2.03. The average molecular weight is 341 g/mol. The number of anilines is 1. The molecule has 0 radical (unpaired) electrons. The molecule has 0 aliphatic rings. The molecule has 132 valence electrons. The zero-order valence-corrected chi connectivity index (χ0v) is 14.7. The van der Waals surface area contributed by atoms with Gasteiger partial charge in [0, 0.05) is 43.2 Å². The molecule has 0 aliphatic carbocycles. The van der Waals surface area contributed by atoms with Crippen LogP contribution in [0.1, 0.15) is 23.7 Å². The second-order valence-corrected chi connectivity index (χ2v) is 5.54. The van der Waals surface area contributed by atoms with Crippen molar-refractivity contribution in [1.29, 1.82) is 0 Å². The van der Waals surface area contributed by atoms with E-state index in [0.29, 0.717) is 18.8 Å². The van der Waals surface area contributed by atoms with Crippen molar-refractivity contribution < 1.29 is 9.59 Å². The molecule has 2 rings (SSSR count). The molecule has 0 spiro atoms. The largest absolute Gasteiger partial charge is 0.338 e. The van der Waals surface area contributed by atoms with E-state index in [-0.39, 0.29) is 11.9 Å². The smallest absolute Gasteiger partial charge is 0.315 e. The summed E-state index contributed by atoms with van der Waals surface area (Å²) in [6, 6.07) is 7.12. The Balaban J connectivity index is 1.87. The normalized spacial score (nSPS) is 10.7. The van der Waals surface area contributed by atoms with E-state index in [0.717, 1.165) is 16.8 Å². The van der Waals surface area contributed by atoms with Gasteiger partial charge in [-0.3, -0.25) is 9.48 Å². The molecule has 25 heavy (non-hydrogen) atoms. The Kier molecular flexibility index (Phi) is 6.33. The second-order valence-electron chi connectivity index (χ2n) is 5.54. The van der Waals surface area contributed by atoms with E-state index in [9.17, 15) is 9.59 Å². The number of aryl methyl sites for hydroxylation is 1. The van der Waals surface area contributed by atoms with E-state index in [1.54, 1.807) is 29.1 Å². The zero-order chi connectivity index (χ0) is 18.2. The van der Waals surface area contributed by atoms with Crippen LogP contribution in [0.4, 0.5) is 10.5 Å². The summed E-state index contributed by atoms with van der Waals surface area (Å²) in [5.74, 6) is -0.212. The maximum absolute atomic E-state index is 12.0. The van der Waals surface area contributed by atoms with Gasteiger partial charge in [-0.2, -0.15) is 5.10 Å². The van der Waals surface area contributed by atoms with Crippen molar-refractivity contribution >= 4 is 23.7 Å². The maximum atomic E-state index is 12.0. The van der Waals surface area contributed by atoms with Crippen molar-refractivity contribution in [2.24, 2.45) is 7.05 Å². The van der Waals surface area contributed by atoms with Gasteiger partial charge >= 0.3 is 6.03 Å². The minimum Gasteiger partial charge on any atom is -0.338 e. The van der Waals surface area contributed by atoms with Crippen molar-refractivity contribution in [1.82, 2.24) is 20.4 Å². The summed E-state index contributed by atoms with van der Waals surface area (Å²) in [6.07, 6.45) is 4.94. The monoisotopic (exact) mass is 341 g/mol. The van der Waals surface area contributed by atoms with E-state index < -0.39 is 0 Å². The fourth-order valence-electron chi connectivity index (χ4n) is 2.14. The molecule has 0 bridgehead atoms. The third-order valence-electron chi connectivity index (χ3n) is 3.70. The van der Waals surface area contributed by atoms with E-state index in [1.165, 1.54) is 6.08 Å². The van der Waals surface area contributed by atoms with Gasteiger partial charge in [0.25, 0.3) is 0 Å². The lowest BCUT2D eigenvalue weighted by molar-refractivity contribution is -0.111. The van der Waals surface area contributed by atoms with Crippen molar-refractivity contribution in [3.8, 4) is 0 Å². The number of urea groups is 1. The van der Waals surface area contributed by atoms with E-state index in [1.807, 2.05) is 33.0 Å².